The number of hydrogen-bond acceptors (Lipinski definition) is 4. The molecule has 6 nitrogen and oxygen atoms in total. The highest BCUT2D eigenvalue weighted by atomic mass is 32.1. The van der Waals surface area contributed by atoms with Gasteiger partial charge in [-0.15, -0.1) is 11.3 Å². The number of thiazole rings is 1. The number of primary amides is 1. The van der Waals surface area contributed by atoms with E-state index in [0.29, 0.717) is 5.56 Å². The summed E-state index contributed by atoms with van der Waals surface area (Å²) in [6.07, 6.45) is 0.935. The van der Waals surface area contributed by atoms with Crippen molar-refractivity contribution in [2.75, 3.05) is 13.1 Å². The maximum absolute atomic E-state index is 11.6. The van der Waals surface area contributed by atoms with Crippen molar-refractivity contribution in [3.05, 3.63) is 45.7 Å². The Bertz CT molecular complexity index is 835. The Morgan fingerprint density at radius 3 is 2.58 bits per heavy atom. The van der Waals surface area contributed by atoms with E-state index >= 15 is 0 Å². The minimum absolute atomic E-state index is 0.117. The third kappa shape index (κ3) is 3.26. The summed E-state index contributed by atoms with van der Waals surface area (Å²) in [5.41, 5.74) is 7.65. The molecule has 2 amide bonds. The largest absolute Gasteiger partial charge is 0.366 e. The molecule has 0 bridgehead atoms. The first kappa shape index (κ1) is 16.4. The minimum Gasteiger partial charge on any atom is -0.366 e. The molecular formula is C17H20N4O2S. The van der Waals surface area contributed by atoms with Crippen LogP contribution in [0.5, 0.6) is 0 Å². The standard InChI is InChI=1S/C17H20N4O2S/c1-11-10-24-17(19-14-5-3-13(4-6-14)16(18)23)21(11)15-7-8-20(9-15)12(2)22/h3-6,10,15H,7-9H2,1-2H3,(H2,18,23)/t15-/m1/s1. The predicted molar refractivity (Wildman–Crippen MR) is 93.1 cm³/mol. The number of aryl methyl sites for hydroxylation is 1. The molecule has 1 saturated heterocycles. The third-order valence-corrected chi connectivity index (χ3v) is 5.23. The van der Waals surface area contributed by atoms with Crippen molar-refractivity contribution in [3.63, 3.8) is 0 Å². The summed E-state index contributed by atoms with van der Waals surface area (Å²) in [5, 5.41) is 2.08. The van der Waals surface area contributed by atoms with Crippen LogP contribution in [0.15, 0.2) is 34.6 Å². The Kier molecular flexibility index (Phi) is 4.53. The second kappa shape index (κ2) is 6.60. The van der Waals surface area contributed by atoms with Crippen LogP contribution < -0.4 is 10.5 Å². The minimum atomic E-state index is -0.445. The lowest BCUT2D eigenvalue weighted by molar-refractivity contribution is -0.127. The van der Waals surface area contributed by atoms with Crippen LogP contribution in [-0.4, -0.2) is 34.4 Å². The maximum Gasteiger partial charge on any atom is 0.248 e. The Morgan fingerprint density at radius 1 is 1.29 bits per heavy atom. The van der Waals surface area contributed by atoms with Gasteiger partial charge in [0, 0.05) is 36.7 Å². The molecule has 126 valence electrons. The number of carbonyl (C=O) groups is 2. The van der Waals surface area contributed by atoms with Gasteiger partial charge in [-0.1, -0.05) is 0 Å². The van der Waals surface area contributed by atoms with Gasteiger partial charge >= 0.3 is 0 Å². The van der Waals surface area contributed by atoms with Gasteiger partial charge in [-0.2, -0.15) is 0 Å². The zero-order valence-electron chi connectivity index (χ0n) is 13.7. The van der Waals surface area contributed by atoms with E-state index < -0.39 is 5.91 Å². The molecule has 1 aromatic heterocycles. The molecule has 7 heteroatoms. The van der Waals surface area contributed by atoms with Crippen molar-refractivity contribution in [3.8, 4) is 0 Å². The first-order chi connectivity index (χ1) is 11.5. The van der Waals surface area contributed by atoms with Gasteiger partial charge in [0.15, 0.2) is 4.80 Å². The van der Waals surface area contributed by atoms with Crippen LogP contribution in [0.25, 0.3) is 0 Å². The lowest BCUT2D eigenvalue weighted by atomic mass is 10.2. The predicted octanol–water partition coefficient (Wildman–Crippen LogP) is 1.98. The number of hydrogen-bond donors (Lipinski definition) is 1. The summed E-state index contributed by atoms with van der Waals surface area (Å²) in [6.45, 7) is 5.18. The normalized spacial score (nSPS) is 18.2. The summed E-state index contributed by atoms with van der Waals surface area (Å²) in [6, 6.07) is 7.19. The molecule has 2 N–H and O–H groups in total. The lowest BCUT2D eigenvalue weighted by Crippen LogP contribution is -2.29. The highest BCUT2D eigenvalue weighted by molar-refractivity contribution is 7.07. The van der Waals surface area contributed by atoms with E-state index in [1.54, 1.807) is 42.5 Å². The highest BCUT2D eigenvalue weighted by Gasteiger charge is 2.26. The van der Waals surface area contributed by atoms with Crippen LogP contribution >= 0.6 is 11.3 Å². The number of amides is 2. The van der Waals surface area contributed by atoms with Crippen LogP contribution in [0, 0.1) is 6.92 Å². The van der Waals surface area contributed by atoms with Gasteiger partial charge < -0.3 is 15.2 Å². The fourth-order valence-corrected chi connectivity index (χ4v) is 3.93. The zero-order valence-corrected chi connectivity index (χ0v) is 14.5. The number of likely N-dealkylation sites (tertiary alicyclic amines) is 1. The Hall–Kier alpha value is -2.41. The Balaban J connectivity index is 1.92. The van der Waals surface area contributed by atoms with Crippen molar-refractivity contribution >= 4 is 28.8 Å². The Labute approximate surface area is 144 Å². The van der Waals surface area contributed by atoms with Gasteiger partial charge in [-0.3, -0.25) is 9.59 Å². The van der Waals surface area contributed by atoms with E-state index in [2.05, 4.69) is 16.9 Å². The van der Waals surface area contributed by atoms with E-state index in [1.165, 1.54) is 0 Å². The lowest BCUT2D eigenvalue weighted by Gasteiger charge is -2.16. The average Bonchev–Trinajstić information content (AvgIpc) is 3.15. The fourth-order valence-electron chi connectivity index (χ4n) is 2.98. The van der Waals surface area contributed by atoms with E-state index in [4.69, 9.17) is 10.7 Å². The van der Waals surface area contributed by atoms with Gasteiger partial charge in [0.1, 0.15) is 0 Å². The van der Waals surface area contributed by atoms with Crippen molar-refractivity contribution in [2.45, 2.75) is 26.3 Å². The summed E-state index contributed by atoms with van der Waals surface area (Å²) >= 11 is 1.58. The molecule has 0 aliphatic carbocycles. The van der Waals surface area contributed by atoms with Gasteiger partial charge in [0.05, 0.1) is 11.7 Å². The Morgan fingerprint density at radius 2 is 2.00 bits per heavy atom. The molecule has 1 aliphatic heterocycles. The average molecular weight is 344 g/mol. The molecule has 1 aliphatic rings. The van der Waals surface area contributed by atoms with Crippen LogP contribution in [0.4, 0.5) is 5.69 Å². The van der Waals surface area contributed by atoms with Crippen molar-refractivity contribution in [1.29, 1.82) is 0 Å². The van der Waals surface area contributed by atoms with Gasteiger partial charge in [0.2, 0.25) is 11.8 Å². The quantitative estimate of drug-likeness (QED) is 0.924. The summed E-state index contributed by atoms with van der Waals surface area (Å²) in [5.74, 6) is -0.328. The molecule has 2 heterocycles. The molecule has 0 unspecified atom stereocenters. The molecule has 2 aromatic rings. The van der Waals surface area contributed by atoms with Crippen LogP contribution in [0.3, 0.4) is 0 Å². The van der Waals surface area contributed by atoms with Crippen molar-refractivity contribution < 1.29 is 9.59 Å². The first-order valence-electron chi connectivity index (χ1n) is 7.82. The van der Waals surface area contributed by atoms with Gasteiger partial charge in [0.25, 0.3) is 0 Å². The SMILES string of the molecule is CC(=O)N1CC[C@@H](n2c(C)csc2=Nc2ccc(C(N)=O)cc2)C1. The summed E-state index contributed by atoms with van der Waals surface area (Å²) in [7, 11) is 0. The number of nitrogens with zero attached hydrogens (tertiary/aromatic N) is 3. The molecule has 1 aromatic carbocycles. The van der Waals surface area contributed by atoms with Gasteiger partial charge in [-0.25, -0.2) is 4.99 Å². The smallest absolute Gasteiger partial charge is 0.248 e. The molecule has 24 heavy (non-hydrogen) atoms. The molecule has 3 rings (SSSR count). The van der Waals surface area contributed by atoms with E-state index in [1.807, 2.05) is 4.90 Å². The number of benzene rings is 1. The van der Waals surface area contributed by atoms with E-state index in [9.17, 15) is 9.59 Å². The molecular weight excluding hydrogens is 324 g/mol. The monoisotopic (exact) mass is 344 g/mol. The third-order valence-electron chi connectivity index (χ3n) is 4.27. The molecule has 0 radical (unpaired) electrons. The maximum atomic E-state index is 11.6. The molecule has 0 saturated carbocycles. The summed E-state index contributed by atoms with van der Waals surface area (Å²) in [4.78, 5) is 30.2. The fraction of sp³-hybridized carbons (Fsp3) is 0.353. The number of rotatable bonds is 3. The van der Waals surface area contributed by atoms with Crippen LogP contribution in [0.2, 0.25) is 0 Å². The first-order valence-corrected chi connectivity index (χ1v) is 8.70. The topological polar surface area (TPSA) is 80.7 Å². The molecule has 1 fully saturated rings. The van der Waals surface area contributed by atoms with Crippen LogP contribution in [0.1, 0.15) is 35.4 Å². The van der Waals surface area contributed by atoms with Crippen molar-refractivity contribution in [1.82, 2.24) is 9.47 Å². The molecule has 1 atom stereocenters. The number of carbonyl (C=O) groups excluding carboxylic acids is 2. The van der Waals surface area contributed by atoms with Crippen LogP contribution in [-0.2, 0) is 4.79 Å². The van der Waals surface area contributed by atoms with E-state index in [-0.39, 0.29) is 11.9 Å². The second-order valence-electron chi connectivity index (χ2n) is 5.96. The van der Waals surface area contributed by atoms with Crippen molar-refractivity contribution in [2.24, 2.45) is 10.7 Å². The van der Waals surface area contributed by atoms with E-state index in [0.717, 1.165) is 35.7 Å². The highest BCUT2D eigenvalue weighted by Crippen LogP contribution is 2.23. The van der Waals surface area contributed by atoms with Gasteiger partial charge in [-0.05, 0) is 37.6 Å². The summed E-state index contributed by atoms with van der Waals surface area (Å²) < 4.78 is 2.20. The zero-order chi connectivity index (χ0) is 17.3. The second-order valence-corrected chi connectivity index (χ2v) is 6.80. The number of aromatic nitrogens is 1. The molecule has 0 spiro atoms. The number of nitrogens with two attached hydrogens (primary N) is 1.